The number of H-pyrrole nitrogens is 1. The van der Waals surface area contributed by atoms with Crippen molar-refractivity contribution in [2.75, 3.05) is 51.6 Å². The number of aromatic hydroxyl groups is 1. The van der Waals surface area contributed by atoms with Crippen LogP contribution in [0.15, 0.2) is 29.3 Å². The molecule has 2 aromatic rings. The number of piperidine rings is 1. The van der Waals surface area contributed by atoms with Crippen molar-refractivity contribution in [3.05, 3.63) is 35.4 Å². The molecule has 12 amide bonds. The molecule has 2 saturated heterocycles. The van der Waals surface area contributed by atoms with Crippen LogP contribution in [0, 0.1) is 11.8 Å². The molecular weight excluding hydrogens is 1130 g/mol. The fraction of sp³-hybridized carbons (Fsp3) is 0.600. The minimum atomic E-state index is -1.79. The predicted molar refractivity (Wildman–Crippen MR) is 304 cm³/mol. The molecule has 0 radical (unpaired) electrons. The number of hydrogen-bond acceptors (Lipinski definition) is 17. The fourth-order valence-corrected chi connectivity index (χ4v) is 12.3. The number of carbonyl (C=O) groups is 12. The number of nitrogens with one attached hydrogen (secondary N) is 9. The van der Waals surface area contributed by atoms with E-state index in [0.29, 0.717) is 73.6 Å². The number of nitrogens with zero attached hydrogens (tertiary/aromatic N) is 3. The summed E-state index contributed by atoms with van der Waals surface area (Å²) in [4.78, 5) is 171. The van der Waals surface area contributed by atoms with Gasteiger partial charge in [-0.25, -0.2) is 0 Å². The van der Waals surface area contributed by atoms with Crippen molar-refractivity contribution in [2.24, 2.45) is 17.6 Å². The number of unbranched alkanes of at least 4 members (excludes halogenated alkanes) is 2. The Balaban J connectivity index is 1.25. The second-order valence-electron chi connectivity index (χ2n) is 22.3. The van der Waals surface area contributed by atoms with Gasteiger partial charge in [0.2, 0.25) is 64.1 Å². The van der Waals surface area contributed by atoms with Crippen molar-refractivity contribution >= 4 is 93.6 Å². The van der Waals surface area contributed by atoms with Gasteiger partial charge < -0.3 is 78.6 Å². The molecule has 2 fully saturated rings. The van der Waals surface area contributed by atoms with Crippen LogP contribution in [0.5, 0.6) is 5.75 Å². The van der Waals surface area contributed by atoms with Crippen molar-refractivity contribution in [3.63, 3.8) is 0 Å². The molecule has 6 heterocycles. The van der Waals surface area contributed by atoms with E-state index < -0.39 is 159 Å². The lowest BCUT2D eigenvalue weighted by Crippen LogP contribution is -2.62. The van der Waals surface area contributed by atoms with Crippen molar-refractivity contribution in [3.8, 4) is 5.75 Å². The van der Waals surface area contributed by atoms with E-state index in [-0.39, 0.29) is 71.6 Å². The van der Waals surface area contributed by atoms with Gasteiger partial charge in [0, 0.05) is 104 Å². The molecule has 0 saturated carbocycles. The quantitative estimate of drug-likeness (QED) is 0.0323. The topological polar surface area (TPSA) is 434 Å². The van der Waals surface area contributed by atoms with Crippen LogP contribution in [-0.2, 0) is 82.3 Å². The number of hydrogen-bond donors (Lipinski definition) is 14. The second kappa shape index (κ2) is 29.4. The molecule has 5 aliphatic rings. The van der Waals surface area contributed by atoms with Crippen molar-refractivity contribution in [1.29, 1.82) is 0 Å². The number of nitrogens with two attached hydrogens (primary N) is 1. The standard InChI is InChI=1S/C55H77N13O16S/c1-4-27(2)46-52(82)58-21-42(75)60-36-26-85-54-32(31-9-10-38(71)33(48(31)65-54)24-66-16-13-29(14-17-66)59-41(74)8-6-5-7-15-67-44(77)11-12-45(67)78)19-34(49(79)57-22-43(76)63-46)61-53(83)47(28(3)39(72)25-69)64-51(81)37-18-30(70)23-68(37)55(84)35(20-40(56)73)62-50(36)80/h9-12,27-30,34-37,39,46-47,65,69-72H,4-8,13-26H2,1-3H3,(H2,56,73)(H,57,79)(H,58,82)(H,59,74)(H,60,75)(H,61,83)(H,62,80)(H,63,76)(H,64,81)/p+1/t27-,28-,30+,34+,35-,36-,37-,39-,46-,47-/m0/s1. The normalized spacial score (nSPS) is 25.8. The molecule has 464 valence electrons. The van der Waals surface area contributed by atoms with Gasteiger partial charge in [-0.15, -0.1) is 0 Å². The van der Waals surface area contributed by atoms with Crippen LogP contribution < -0.4 is 48.3 Å². The third-order valence-electron chi connectivity index (χ3n) is 16.2. The average Bonchev–Trinajstić information content (AvgIpc) is 3.15. The first kappa shape index (κ1) is 64.9. The Bertz CT molecular complexity index is 2910. The number of likely N-dealkylation sites (tertiary alicyclic amines) is 1. The number of fused-ring (bicyclic) bond motifs is 5. The van der Waals surface area contributed by atoms with Gasteiger partial charge in [0.25, 0.3) is 11.8 Å². The Labute approximate surface area is 493 Å². The number of imide groups is 1. The summed E-state index contributed by atoms with van der Waals surface area (Å²) in [5.41, 5.74) is 6.70. The van der Waals surface area contributed by atoms with E-state index in [9.17, 15) is 78.0 Å². The van der Waals surface area contributed by atoms with E-state index in [1.54, 1.807) is 19.9 Å². The highest BCUT2D eigenvalue weighted by molar-refractivity contribution is 7.78. The lowest BCUT2D eigenvalue weighted by atomic mass is 9.93. The zero-order chi connectivity index (χ0) is 61.8. The van der Waals surface area contributed by atoms with E-state index in [1.165, 1.54) is 25.1 Å². The van der Waals surface area contributed by atoms with Crippen LogP contribution >= 0.6 is 0 Å². The SMILES string of the molecule is CC[C@H](C)[C@@H]1NC(=O)CNC(=O)[C@H]2Cc3c([nH]c4c(CN5CCC(NC(=O)CCCCCN6C(=O)C=CC6=O)CC5)c(O)ccc34)[SH+]C[C@H](NC(=O)CNC1=O)C(=O)N[C@@H](CC(N)=O)C(=O)N1C[C@H](O)C[C@H]1C(=O)N[C@@H]([C@@H](C)[C@@H](O)CO)C(=O)N2. The summed E-state index contributed by atoms with van der Waals surface area (Å²) in [6.07, 6.45) is 1.34. The molecule has 30 heteroatoms. The van der Waals surface area contributed by atoms with Gasteiger partial charge in [-0.1, -0.05) is 33.6 Å². The molecule has 15 N–H and O–H groups in total. The van der Waals surface area contributed by atoms with Crippen molar-refractivity contribution < 1.29 is 78.0 Å². The van der Waals surface area contributed by atoms with Gasteiger partial charge in [-0.3, -0.25) is 67.3 Å². The second-order valence-corrected chi connectivity index (χ2v) is 23.5. The lowest BCUT2D eigenvalue weighted by molar-refractivity contribution is -0.144. The molecule has 0 spiro atoms. The Morgan fingerprint density at radius 2 is 1.49 bits per heavy atom. The Morgan fingerprint density at radius 1 is 0.812 bits per heavy atom. The van der Waals surface area contributed by atoms with E-state index >= 15 is 0 Å². The van der Waals surface area contributed by atoms with E-state index in [1.807, 2.05) is 0 Å². The number of thiol groups is 1. The molecule has 10 atom stereocenters. The number of benzene rings is 1. The number of amides is 12. The van der Waals surface area contributed by atoms with E-state index in [2.05, 4.69) is 52.4 Å². The van der Waals surface area contributed by atoms with Gasteiger partial charge in [-0.05, 0) is 43.7 Å². The molecule has 0 aliphatic carbocycles. The Hall–Kier alpha value is -7.67. The minimum Gasteiger partial charge on any atom is -0.508 e. The Morgan fingerprint density at radius 3 is 2.16 bits per heavy atom. The molecule has 0 unspecified atom stereocenters. The van der Waals surface area contributed by atoms with Gasteiger partial charge in [0.1, 0.15) is 41.7 Å². The van der Waals surface area contributed by atoms with Gasteiger partial charge >= 0.3 is 0 Å². The lowest BCUT2D eigenvalue weighted by Gasteiger charge is -2.32. The maximum absolute atomic E-state index is 14.8. The minimum absolute atomic E-state index is 0.131. The molecule has 1 aromatic heterocycles. The predicted octanol–water partition coefficient (Wildman–Crippen LogP) is -5.29. The zero-order valence-corrected chi connectivity index (χ0v) is 48.5. The smallest absolute Gasteiger partial charge is 0.253 e. The third-order valence-corrected chi connectivity index (χ3v) is 17.5. The van der Waals surface area contributed by atoms with Gasteiger partial charge in [0.15, 0.2) is 6.04 Å². The number of phenols is 1. The maximum atomic E-state index is 14.8. The number of rotatable bonds is 16. The highest BCUT2D eigenvalue weighted by atomic mass is 32.2. The number of carbonyl (C=O) groups excluding carboxylic acids is 12. The highest BCUT2D eigenvalue weighted by Crippen LogP contribution is 2.35. The number of aromatic amines is 1. The molecule has 5 aliphatic heterocycles. The summed E-state index contributed by atoms with van der Waals surface area (Å²) >= 11 is 0.213. The number of aliphatic hydroxyl groups excluding tert-OH is 3. The first-order valence-corrected chi connectivity index (χ1v) is 29.7. The van der Waals surface area contributed by atoms with Crippen LogP contribution in [0.1, 0.15) is 89.7 Å². The monoisotopic (exact) mass is 1210 g/mol. The maximum Gasteiger partial charge on any atom is 0.253 e. The number of aromatic nitrogens is 1. The summed E-state index contributed by atoms with van der Waals surface area (Å²) in [5, 5.41) is 65.2. The summed E-state index contributed by atoms with van der Waals surface area (Å²) in [6.45, 7) is 3.34. The number of aliphatic hydroxyl groups is 3. The van der Waals surface area contributed by atoms with Gasteiger partial charge in [-0.2, -0.15) is 0 Å². The molecular formula is C55H78N13O16S+. The Kier molecular flexibility index (Phi) is 22.5. The summed E-state index contributed by atoms with van der Waals surface area (Å²) < 4.78 is 0. The van der Waals surface area contributed by atoms with Crippen LogP contribution in [0.2, 0.25) is 0 Å². The van der Waals surface area contributed by atoms with Crippen LogP contribution in [0.4, 0.5) is 0 Å². The molecule has 2 bridgehead atoms. The van der Waals surface area contributed by atoms with Gasteiger partial charge in [0.05, 0.1) is 43.8 Å². The summed E-state index contributed by atoms with van der Waals surface area (Å²) in [5.74, 6) is -11.8. The first-order chi connectivity index (χ1) is 40.5. The van der Waals surface area contributed by atoms with Crippen molar-refractivity contribution in [1.82, 2.24) is 62.2 Å². The zero-order valence-electron chi connectivity index (χ0n) is 47.6. The first-order valence-electron chi connectivity index (χ1n) is 28.7. The van der Waals surface area contributed by atoms with Crippen LogP contribution in [-0.4, -0.2) is 217 Å². The largest absolute Gasteiger partial charge is 0.508 e. The molecule has 1 aromatic carbocycles. The molecule has 7 rings (SSSR count). The third kappa shape index (κ3) is 16.6. The highest BCUT2D eigenvalue weighted by Gasteiger charge is 2.45. The van der Waals surface area contributed by atoms with Crippen molar-refractivity contribution in [2.45, 2.75) is 151 Å². The fourth-order valence-electron chi connectivity index (χ4n) is 11.0. The van der Waals surface area contributed by atoms with E-state index in [4.69, 9.17) is 5.73 Å². The summed E-state index contributed by atoms with van der Waals surface area (Å²) in [7, 11) is 0. The molecule has 29 nitrogen and oxygen atoms in total. The average molecular weight is 1210 g/mol. The van der Waals surface area contributed by atoms with E-state index in [0.717, 1.165) is 9.80 Å². The molecule has 85 heavy (non-hydrogen) atoms. The van der Waals surface area contributed by atoms with Crippen LogP contribution in [0.3, 0.4) is 0 Å². The summed E-state index contributed by atoms with van der Waals surface area (Å²) in [6, 6.07) is -6.73. The number of primary amides is 1. The number of phenolic OH excluding ortho intramolecular Hbond substituents is 1. The van der Waals surface area contributed by atoms with Crippen LogP contribution in [0.25, 0.3) is 10.9 Å².